The minimum absolute atomic E-state index is 0.957. The molecule has 1 aliphatic rings. The molecule has 1 heterocycles. The molecule has 0 fully saturated rings. The van der Waals surface area contributed by atoms with Crippen molar-refractivity contribution in [2.24, 2.45) is 5.84 Å². The average Bonchev–Trinajstić information content (AvgIpc) is 2.37. The van der Waals surface area contributed by atoms with Crippen LogP contribution in [0.3, 0.4) is 0 Å². The Balaban J connectivity index is 2.31. The molecule has 0 unspecified atom stereocenters. The Labute approximate surface area is 94.6 Å². The van der Waals surface area contributed by atoms with E-state index in [2.05, 4.69) is 22.5 Å². The minimum atomic E-state index is 0.957. The number of benzene rings is 1. The molecule has 1 aromatic heterocycles. The Bertz CT molecular complexity index is 534. The van der Waals surface area contributed by atoms with Crippen molar-refractivity contribution in [3.8, 4) is 0 Å². The molecule has 0 amide bonds. The Morgan fingerprint density at radius 2 is 2.00 bits per heavy atom. The summed E-state index contributed by atoms with van der Waals surface area (Å²) in [6.07, 6.45) is 6.73. The molecule has 0 spiro atoms. The summed E-state index contributed by atoms with van der Waals surface area (Å²) in [5.74, 6) is 5.51. The molecule has 3 heteroatoms. The minimum Gasteiger partial charge on any atom is -0.323 e. The van der Waals surface area contributed by atoms with Crippen molar-refractivity contribution in [2.75, 3.05) is 5.43 Å². The molecule has 1 aromatic carbocycles. The molecule has 0 saturated heterocycles. The van der Waals surface area contributed by atoms with Gasteiger partial charge in [-0.1, -0.05) is 12.1 Å². The first-order valence-electron chi connectivity index (χ1n) is 5.76. The van der Waals surface area contributed by atoms with E-state index in [-0.39, 0.29) is 0 Å². The molecule has 0 radical (unpaired) electrons. The van der Waals surface area contributed by atoms with Gasteiger partial charge in [-0.3, -0.25) is 10.8 Å². The van der Waals surface area contributed by atoms with Gasteiger partial charge in [0.25, 0.3) is 0 Å². The summed E-state index contributed by atoms with van der Waals surface area (Å²) in [6.45, 7) is 0. The normalized spacial score (nSPS) is 14.8. The number of nitrogens with zero attached hydrogens (tertiary/aromatic N) is 1. The third-order valence-corrected chi connectivity index (χ3v) is 3.39. The molecule has 16 heavy (non-hydrogen) atoms. The first-order valence-corrected chi connectivity index (χ1v) is 5.76. The number of hydrogen-bond acceptors (Lipinski definition) is 3. The van der Waals surface area contributed by atoms with Crippen molar-refractivity contribution in [1.82, 2.24) is 4.98 Å². The zero-order chi connectivity index (χ0) is 11.0. The van der Waals surface area contributed by atoms with Crippen LogP contribution in [0.5, 0.6) is 0 Å². The van der Waals surface area contributed by atoms with E-state index >= 15 is 0 Å². The van der Waals surface area contributed by atoms with Crippen LogP contribution in [0.15, 0.2) is 24.4 Å². The van der Waals surface area contributed by atoms with E-state index in [1.54, 1.807) is 0 Å². The van der Waals surface area contributed by atoms with E-state index in [4.69, 9.17) is 5.84 Å². The number of hydrogen-bond donors (Lipinski definition) is 2. The molecule has 3 nitrogen and oxygen atoms in total. The van der Waals surface area contributed by atoms with Gasteiger partial charge in [0.1, 0.15) is 0 Å². The Morgan fingerprint density at radius 3 is 2.88 bits per heavy atom. The SMILES string of the molecule is NNc1ccnc2c3c(ccc12)CCCC3. The number of nitrogen functional groups attached to an aromatic ring is 1. The number of pyridine rings is 1. The molecule has 0 atom stereocenters. The van der Waals surface area contributed by atoms with Gasteiger partial charge < -0.3 is 5.43 Å². The summed E-state index contributed by atoms with van der Waals surface area (Å²) in [5.41, 5.74) is 7.69. The van der Waals surface area contributed by atoms with E-state index in [9.17, 15) is 0 Å². The molecule has 3 N–H and O–H groups in total. The van der Waals surface area contributed by atoms with Crippen LogP contribution < -0.4 is 11.3 Å². The number of fused-ring (bicyclic) bond motifs is 3. The summed E-state index contributed by atoms with van der Waals surface area (Å²) < 4.78 is 0. The number of nitrogens with two attached hydrogens (primary N) is 1. The van der Waals surface area contributed by atoms with Gasteiger partial charge in [-0.25, -0.2) is 0 Å². The van der Waals surface area contributed by atoms with Crippen LogP contribution in [-0.2, 0) is 12.8 Å². The standard InChI is InChI=1S/C13H15N3/c14-16-12-7-8-15-13-10-4-2-1-3-9(10)5-6-11(12)13/h5-8H,1-4,14H2,(H,15,16). The van der Waals surface area contributed by atoms with Crippen molar-refractivity contribution in [2.45, 2.75) is 25.7 Å². The smallest absolute Gasteiger partial charge is 0.0757 e. The number of anilines is 1. The highest BCUT2D eigenvalue weighted by Gasteiger charge is 2.14. The average molecular weight is 213 g/mol. The lowest BCUT2D eigenvalue weighted by Gasteiger charge is -2.18. The maximum atomic E-state index is 5.51. The molecule has 1 aliphatic carbocycles. The largest absolute Gasteiger partial charge is 0.323 e. The molecular weight excluding hydrogens is 198 g/mol. The molecule has 82 valence electrons. The lowest BCUT2D eigenvalue weighted by molar-refractivity contribution is 0.689. The van der Waals surface area contributed by atoms with Gasteiger partial charge >= 0.3 is 0 Å². The fourth-order valence-electron chi connectivity index (χ4n) is 2.58. The maximum Gasteiger partial charge on any atom is 0.0757 e. The van der Waals surface area contributed by atoms with Crippen molar-refractivity contribution >= 4 is 16.6 Å². The highest BCUT2D eigenvalue weighted by Crippen LogP contribution is 2.30. The van der Waals surface area contributed by atoms with E-state index in [0.29, 0.717) is 0 Å². The van der Waals surface area contributed by atoms with Gasteiger partial charge in [-0.15, -0.1) is 0 Å². The monoisotopic (exact) mass is 213 g/mol. The predicted molar refractivity (Wildman–Crippen MR) is 66.2 cm³/mol. The summed E-state index contributed by atoms with van der Waals surface area (Å²) in [5, 5.41) is 1.13. The van der Waals surface area contributed by atoms with E-state index in [0.717, 1.165) is 23.0 Å². The first-order chi connectivity index (χ1) is 7.90. The van der Waals surface area contributed by atoms with Gasteiger partial charge in [0.05, 0.1) is 11.2 Å². The zero-order valence-electron chi connectivity index (χ0n) is 9.16. The van der Waals surface area contributed by atoms with Gasteiger partial charge in [0.15, 0.2) is 0 Å². The number of aromatic nitrogens is 1. The summed E-state index contributed by atoms with van der Waals surface area (Å²) in [7, 11) is 0. The third kappa shape index (κ3) is 1.36. The van der Waals surface area contributed by atoms with Gasteiger partial charge in [0.2, 0.25) is 0 Å². The quantitative estimate of drug-likeness (QED) is 0.565. The van der Waals surface area contributed by atoms with E-state index in [1.165, 1.54) is 30.4 Å². The Kier molecular flexibility index (Phi) is 2.26. The Hall–Kier alpha value is -1.61. The number of nitrogens with one attached hydrogen (secondary N) is 1. The second-order valence-electron chi connectivity index (χ2n) is 4.31. The highest BCUT2D eigenvalue weighted by atomic mass is 15.2. The maximum absolute atomic E-state index is 5.51. The van der Waals surface area contributed by atoms with Crippen LogP contribution in [0, 0.1) is 0 Å². The van der Waals surface area contributed by atoms with Crippen molar-refractivity contribution in [1.29, 1.82) is 0 Å². The second-order valence-corrected chi connectivity index (χ2v) is 4.31. The summed E-state index contributed by atoms with van der Waals surface area (Å²) in [6, 6.07) is 6.26. The van der Waals surface area contributed by atoms with Gasteiger partial charge in [-0.05, 0) is 42.9 Å². The molecule has 0 bridgehead atoms. The van der Waals surface area contributed by atoms with E-state index in [1.807, 2.05) is 12.3 Å². The molecule has 0 saturated carbocycles. The van der Waals surface area contributed by atoms with Crippen molar-refractivity contribution in [3.05, 3.63) is 35.5 Å². The van der Waals surface area contributed by atoms with Gasteiger partial charge in [0, 0.05) is 11.6 Å². The zero-order valence-corrected chi connectivity index (χ0v) is 9.16. The second kappa shape index (κ2) is 3.76. The van der Waals surface area contributed by atoms with Crippen LogP contribution in [0.2, 0.25) is 0 Å². The fraction of sp³-hybridized carbons (Fsp3) is 0.308. The molecular formula is C13H15N3. The molecule has 0 aliphatic heterocycles. The lowest BCUT2D eigenvalue weighted by atomic mass is 9.89. The topological polar surface area (TPSA) is 50.9 Å². The number of rotatable bonds is 1. The lowest BCUT2D eigenvalue weighted by Crippen LogP contribution is -2.09. The van der Waals surface area contributed by atoms with E-state index < -0.39 is 0 Å². The van der Waals surface area contributed by atoms with Crippen LogP contribution >= 0.6 is 0 Å². The predicted octanol–water partition coefficient (Wildman–Crippen LogP) is 2.40. The highest BCUT2D eigenvalue weighted by molar-refractivity contribution is 5.93. The van der Waals surface area contributed by atoms with Crippen LogP contribution in [0.25, 0.3) is 10.9 Å². The third-order valence-electron chi connectivity index (χ3n) is 3.39. The number of hydrazine groups is 1. The Morgan fingerprint density at radius 1 is 1.12 bits per heavy atom. The van der Waals surface area contributed by atoms with Crippen LogP contribution in [-0.4, -0.2) is 4.98 Å². The van der Waals surface area contributed by atoms with Crippen LogP contribution in [0.4, 0.5) is 5.69 Å². The van der Waals surface area contributed by atoms with Gasteiger partial charge in [-0.2, -0.15) is 0 Å². The number of aryl methyl sites for hydroxylation is 2. The van der Waals surface area contributed by atoms with Crippen LogP contribution in [0.1, 0.15) is 24.0 Å². The van der Waals surface area contributed by atoms with Crippen molar-refractivity contribution in [3.63, 3.8) is 0 Å². The van der Waals surface area contributed by atoms with Crippen molar-refractivity contribution < 1.29 is 0 Å². The molecule has 3 rings (SSSR count). The summed E-state index contributed by atoms with van der Waals surface area (Å²) in [4.78, 5) is 4.51. The molecule has 2 aromatic rings. The summed E-state index contributed by atoms with van der Waals surface area (Å²) >= 11 is 0. The first kappa shape index (κ1) is 9.60. The fourth-order valence-corrected chi connectivity index (χ4v) is 2.58.